The van der Waals surface area contributed by atoms with Gasteiger partial charge in [-0.3, -0.25) is 4.79 Å². The van der Waals surface area contributed by atoms with Crippen molar-refractivity contribution < 1.29 is 14.6 Å². The summed E-state index contributed by atoms with van der Waals surface area (Å²) in [5.74, 6) is -0.974. The molecule has 4 heteroatoms. The molecular formula is C14H21NO3. The highest BCUT2D eigenvalue weighted by Crippen LogP contribution is 2.17. The van der Waals surface area contributed by atoms with Crippen molar-refractivity contribution in [3.63, 3.8) is 0 Å². The molecule has 0 fully saturated rings. The molecule has 0 aliphatic rings. The van der Waals surface area contributed by atoms with Crippen LogP contribution in [-0.2, 0) is 22.4 Å². The van der Waals surface area contributed by atoms with Crippen molar-refractivity contribution in [3.8, 4) is 0 Å². The number of carboxylic acid groups (broad SMARTS) is 1. The Kier molecular flexibility index (Phi) is 4.87. The van der Waals surface area contributed by atoms with E-state index in [1.165, 1.54) is 0 Å². The lowest BCUT2D eigenvalue weighted by atomic mass is 9.95. The van der Waals surface area contributed by atoms with Gasteiger partial charge in [0.1, 0.15) is 6.04 Å². The summed E-state index contributed by atoms with van der Waals surface area (Å²) in [5.41, 5.74) is 7.36. The highest BCUT2D eigenvalue weighted by molar-refractivity contribution is 5.73. The van der Waals surface area contributed by atoms with Crippen molar-refractivity contribution in [2.45, 2.75) is 38.3 Å². The third-order valence-electron chi connectivity index (χ3n) is 2.95. The zero-order valence-electron chi connectivity index (χ0n) is 11.1. The van der Waals surface area contributed by atoms with E-state index in [0.717, 1.165) is 17.5 Å². The molecule has 18 heavy (non-hydrogen) atoms. The minimum Gasteiger partial charge on any atom is -0.480 e. The third kappa shape index (κ3) is 4.47. The van der Waals surface area contributed by atoms with Gasteiger partial charge in [-0.25, -0.2) is 0 Å². The van der Waals surface area contributed by atoms with Crippen LogP contribution < -0.4 is 5.73 Å². The molecule has 1 atom stereocenters. The number of aliphatic carboxylic acids is 1. The van der Waals surface area contributed by atoms with Crippen LogP contribution in [0.5, 0.6) is 0 Å². The van der Waals surface area contributed by atoms with Gasteiger partial charge in [0, 0.05) is 13.5 Å². The average Bonchev–Trinajstić information content (AvgIpc) is 2.28. The molecule has 0 aromatic heterocycles. The molecule has 1 aromatic carbocycles. The maximum Gasteiger partial charge on any atom is 0.320 e. The van der Waals surface area contributed by atoms with Gasteiger partial charge < -0.3 is 15.6 Å². The lowest BCUT2D eigenvalue weighted by Crippen LogP contribution is -2.32. The van der Waals surface area contributed by atoms with Crippen LogP contribution in [0.15, 0.2) is 24.3 Å². The molecule has 0 aliphatic carbocycles. The van der Waals surface area contributed by atoms with Crippen LogP contribution in [0.4, 0.5) is 0 Å². The Morgan fingerprint density at radius 3 is 2.61 bits per heavy atom. The average molecular weight is 251 g/mol. The van der Waals surface area contributed by atoms with Crippen LogP contribution in [0.25, 0.3) is 0 Å². The van der Waals surface area contributed by atoms with Gasteiger partial charge >= 0.3 is 5.97 Å². The Hall–Kier alpha value is -1.39. The lowest BCUT2D eigenvalue weighted by Gasteiger charge is -2.23. The van der Waals surface area contributed by atoms with E-state index in [4.69, 9.17) is 15.6 Å². The van der Waals surface area contributed by atoms with E-state index in [-0.39, 0.29) is 5.60 Å². The fraction of sp³-hybridized carbons (Fsp3) is 0.500. The number of hydrogen-bond acceptors (Lipinski definition) is 3. The molecule has 1 aromatic rings. The summed E-state index contributed by atoms with van der Waals surface area (Å²) in [4.78, 5) is 10.7. The van der Waals surface area contributed by atoms with Gasteiger partial charge in [0.15, 0.2) is 0 Å². The number of carboxylic acids is 1. The summed E-state index contributed by atoms with van der Waals surface area (Å²) < 4.78 is 5.38. The van der Waals surface area contributed by atoms with E-state index in [9.17, 15) is 4.79 Å². The Morgan fingerprint density at radius 2 is 2.06 bits per heavy atom. The first kappa shape index (κ1) is 14.7. The van der Waals surface area contributed by atoms with E-state index in [2.05, 4.69) is 0 Å². The second kappa shape index (κ2) is 5.98. The highest BCUT2D eigenvalue weighted by Gasteiger charge is 2.18. The SMILES string of the molecule is COC(C)(C)Cc1cccc(CC(N)C(=O)O)c1. The predicted octanol–water partition coefficient (Wildman–Crippen LogP) is 1.61. The highest BCUT2D eigenvalue weighted by atomic mass is 16.5. The van der Waals surface area contributed by atoms with Gasteiger partial charge in [0.2, 0.25) is 0 Å². The van der Waals surface area contributed by atoms with Gasteiger partial charge in [0.25, 0.3) is 0 Å². The molecule has 0 amide bonds. The first-order valence-electron chi connectivity index (χ1n) is 5.95. The first-order valence-corrected chi connectivity index (χ1v) is 5.95. The number of carbonyl (C=O) groups is 1. The molecule has 1 rings (SSSR count). The number of methoxy groups -OCH3 is 1. The predicted molar refractivity (Wildman–Crippen MR) is 70.5 cm³/mol. The number of rotatable bonds is 6. The summed E-state index contributed by atoms with van der Waals surface area (Å²) in [5, 5.41) is 8.79. The van der Waals surface area contributed by atoms with Crippen molar-refractivity contribution in [3.05, 3.63) is 35.4 Å². The molecule has 1 unspecified atom stereocenters. The van der Waals surface area contributed by atoms with Crippen molar-refractivity contribution in [2.75, 3.05) is 7.11 Å². The molecule has 0 radical (unpaired) electrons. The van der Waals surface area contributed by atoms with Gasteiger partial charge in [-0.05, 0) is 31.4 Å². The Bertz CT molecular complexity index is 415. The van der Waals surface area contributed by atoms with E-state index in [0.29, 0.717) is 6.42 Å². The smallest absolute Gasteiger partial charge is 0.320 e. The molecule has 0 bridgehead atoms. The van der Waals surface area contributed by atoms with Crippen LogP contribution in [0.3, 0.4) is 0 Å². The molecule has 0 saturated carbocycles. The summed E-state index contributed by atoms with van der Waals surface area (Å²) >= 11 is 0. The van der Waals surface area contributed by atoms with Crippen LogP contribution in [0.2, 0.25) is 0 Å². The maximum atomic E-state index is 10.7. The van der Waals surface area contributed by atoms with E-state index < -0.39 is 12.0 Å². The minimum atomic E-state index is -0.974. The molecule has 100 valence electrons. The fourth-order valence-electron chi connectivity index (χ4n) is 1.77. The molecule has 3 N–H and O–H groups in total. The summed E-state index contributed by atoms with van der Waals surface area (Å²) in [6.45, 7) is 4.03. The Morgan fingerprint density at radius 1 is 1.44 bits per heavy atom. The standard InChI is InChI=1S/C14H21NO3/c1-14(2,18-3)9-11-6-4-5-10(7-11)8-12(15)13(16)17/h4-7,12H,8-9,15H2,1-3H3,(H,16,17). The Labute approximate surface area is 108 Å². The van der Waals surface area contributed by atoms with Gasteiger partial charge in [-0.1, -0.05) is 24.3 Å². The number of hydrogen-bond donors (Lipinski definition) is 2. The van der Waals surface area contributed by atoms with Crippen molar-refractivity contribution in [1.82, 2.24) is 0 Å². The zero-order chi connectivity index (χ0) is 13.8. The quantitative estimate of drug-likeness (QED) is 0.805. The molecule has 0 spiro atoms. The number of ether oxygens (including phenoxy) is 1. The Balaban J connectivity index is 2.77. The van der Waals surface area contributed by atoms with Gasteiger partial charge in [-0.2, -0.15) is 0 Å². The fourth-order valence-corrected chi connectivity index (χ4v) is 1.77. The lowest BCUT2D eigenvalue weighted by molar-refractivity contribution is -0.138. The molecule has 0 aliphatic heterocycles. The molecule has 0 saturated heterocycles. The zero-order valence-corrected chi connectivity index (χ0v) is 11.1. The summed E-state index contributed by atoms with van der Waals surface area (Å²) in [6, 6.07) is 6.97. The normalized spacial score (nSPS) is 13.3. The van der Waals surface area contributed by atoms with Gasteiger partial charge in [0.05, 0.1) is 5.60 Å². The number of benzene rings is 1. The van der Waals surface area contributed by atoms with Gasteiger partial charge in [-0.15, -0.1) is 0 Å². The minimum absolute atomic E-state index is 0.229. The largest absolute Gasteiger partial charge is 0.480 e. The maximum absolute atomic E-state index is 10.7. The van der Waals surface area contributed by atoms with Crippen molar-refractivity contribution in [1.29, 1.82) is 0 Å². The third-order valence-corrected chi connectivity index (χ3v) is 2.95. The van der Waals surface area contributed by atoms with E-state index in [1.54, 1.807) is 7.11 Å². The van der Waals surface area contributed by atoms with Crippen molar-refractivity contribution >= 4 is 5.97 Å². The second-order valence-electron chi connectivity index (χ2n) is 5.11. The van der Waals surface area contributed by atoms with Crippen LogP contribution in [0.1, 0.15) is 25.0 Å². The topological polar surface area (TPSA) is 72.5 Å². The molecule has 0 heterocycles. The monoisotopic (exact) mass is 251 g/mol. The van der Waals surface area contributed by atoms with Crippen LogP contribution in [-0.4, -0.2) is 29.8 Å². The molecular weight excluding hydrogens is 230 g/mol. The summed E-state index contributed by atoms with van der Waals surface area (Å²) in [6.07, 6.45) is 1.12. The second-order valence-corrected chi connectivity index (χ2v) is 5.11. The van der Waals surface area contributed by atoms with Crippen LogP contribution in [0, 0.1) is 0 Å². The van der Waals surface area contributed by atoms with Crippen LogP contribution >= 0.6 is 0 Å². The van der Waals surface area contributed by atoms with E-state index >= 15 is 0 Å². The number of nitrogens with two attached hydrogens (primary N) is 1. The first-order chi connectivity index (χ1) is 8.34. The molecule has 4 nitrogen and oxygen atoms in total. The summed E-state index contributed by atoms with van der Waals surface area (Å²) in [7, 11) is 1.68. The van der Waals surface area contributed by atoms with Crippen molar-refractivity contribution in [2.24, 2.45) is 5.73 Å². The van der Waals surface area contributed by atoms with E-state index in [1.807, 2.05) is 38.1 Å².